The Kier molecular flexibility index (Phi) is 3.10. The molecule has 0 bridgehead atoms. The van der Waals surface area contributed by atoms with Crippen LogP contribution in [0.5, 0.6) is 0 Å². The average molecular weight is 267 g/mol. The lowest BCUT2D eigenvalue weighted by Gasteiger charge is -2.15. The molecule has 0 amide bonds. The predicted molar refractivity (Wildman–Crippen MR) is 80.7 cm³/mol. The quantitative estimate of drug-likeness (QED) is 0.731. The zero-order valence-electron chi connectivity index (χ0n) is 11.9. The van der Waals surface area contributed by atoms with Crippen molar-refractivity contribution in [3.8, 4) is 11.3 Å². The molecule has 0 saturated carbocycles. The highest BCUT2D eigenvalue weighted by molar-refractivity contribution is 5.92. The standard InChI is InChI=1S/C15H17N5/c1-4-19(2)14-9-13(17-10-18-14)11-5-7-16-15-12(11)6-8-20(15)3/h5-10H,4H2,1-3H3. The largest absolute Gasteiger partial charge is 0.360 e. The van der Waals surface area contributed by atoms with E-state index >= 15 is 0 Å². The molecule has 102 valence electrons. The highest BCUT2D eigenvalue weighted by Crippen LogP contribution is 2.27. The van der Waals surface area contributed by atoms with E-state index in [4.69, 9.17) is 0 Å². The van der Waals surface area contributed by atoms with Crippen LogP contribution in [0.4, 0.5) is 5.82 Å². The van der Waals surface area contributed by atoms with Crippen LogP contribution in [0.1, 0.15) is 6.92 Å². The molecule has 0 fully saturated rings. The van der Waals surface area contributed by atoms with Crippen molar-refractivity contribution in [1.82, 2.24) is 19.5 Å². The molecule has 3 aromatic rings. The Morgan fingerprint density at radius 2 is 2.05 bits per heavy atom. The normalized spacial score (nSPS) is 10.9. The van der Waals surface area contributed by atoms with Gasteiger partial charge in [-0.3, -0.25) is 0 Å². The Morgan fingerprint density at radius 1 is 1.20 bits per heavy atom. The first-order valence-electron chi connectivity index (χ1n) is 6.64. The summed E-state index contributed by atoms with van der Waals surface area (Å²) in [6, 6.07) is 6.09. The van der Waals surface area contributed by atoms with Gasteiger partial charge in [0.2, 0.25) is 0 Å². The van der Waals surface area contributed by atoms with Crippen molar-refractivity contribution in [3.63, 3.8) is 0 Å². The number of nitrogens with zero attached hydrogens (tertiary/aromatic N) is 5. The van der Waals surface area contributed by atoms with E-state index in [1.807, 2.05) is 43.2 Å². The summed E-state index contributed by atoms with van der Waals surface area (Å²) in [6.07, 6.45) is 5.45. The van der Waals surface area contributed by atoms with Gasteiger partial charge >= 0.3 is 0 Å². The third kappa shape index (κ3) is 2.01. The van der Waals surface area contributed by atoms with Gasteiger partial charge in [0.05, 0.1) is 5.69 Å². The van der Waals surface area contributed by atoms with Gasteiger partial charge in [0.15, 0.2) is 0 Å². The van der Waals surface area contributed by atoms with Crippen LogP contribution in [-0.4, -0.2) is 33.1 Å². The van der Waals surface area contributed by atoms with Crippen LogP contribution in [0, 0.1) is 0 Å². The van der Waals surface area contributed by atoms with Crippen molar-refractivity contribution in [2.75, 3.05) is 18.5 Å². The van der Waals surface area contributed by atoms with Crippen LogP contribution in [-0.2, 0) is 7.05 Å². The minimum absolute atomic E-state index is 0.910. The fourth-order valence-electron chi connectivity index (χ4n) is 2.25. The smallest absolute Gasteiger partial charge is 0.140 e. The topological polar surface area (TPSA) is 46.8 Å². The molecule has 0 aromatic carbocycles. The number of hydrogen-bond donors (Lipinski definition) is 0. The molecule has 5 heteroatoms. The first kappa shape index (κ1) is 12.6. The van der Waals surface area contributed by atoms with E-state index in [0.29, 0.717) is 0 Å². The highest BCUT2D eigenvalue weighted by atomic mass is 15.2. The molecule has 0 aliphatic carbocycles. The zero-order chi connectivity index (χ0) is 14.1. The molecule has 0 atom stereocenters. The molecule has 0 saturated heterocycles. The number of rotatable bonds is 3. The SMILES string of the molecule is CCN(C)c1cc(-c2ccnc3c2ccn3C)ncn1. The third-order valence-corrected chi connectivity index (χ3v) is 3.56. The Hall–Kier alpha value is -2.43. The van der Waals surface area contributed by atoms with Gasteiger partial charge in [0.1, 0.15) is 17.8 Å². The van der Waals surface area contributed by atoms with Crippen LogP contribution in [0.3, 0.4) is 0 Å². The molecule has 0 aliphatic rings. The number of aryl methyl sites for hydroxylation is 1. The molecule has 0 N–H and O–H groups in total. The number of anilines is 1. The van der Waals surface area contributed by atoms with E-state index in [-0.39, 0.29) is 0 Å². The van der Waals surface area contributed by atoms with E-state index in [0.717, 1.165) is 34.7 Å². The van der Waals surface area contributed by atoms with Gasteiger partial charge in [-0.05, 0) is 19.1 Å². The summed E-state index contributed by atoms with van der Waals surface area (Å²) in [5.41, 5.74) is 2.98. The lowest BCUT2D eigenvalue weighted by atomic mass is 10.1. The van der Waals surface area contributed by atoms with E-state index in [1.54, 1.807) is 6.33 Å². The minimum Gasteiger partial charge on any atom is -0.360 e. The van der Waals surface area contributed by atoms with E-state index in [1.165, 1.54) is 0 Å². The summed E-state index contributed by atoms with van der Waals surface area (Å²) in [4.78, 5) is 15.2. The Morgan fingerprint density at radius 3 is 2.85 bits per heavy atom. The van der Waals surface area contributed by atoms with Crippen molar-refractivity contribution in [1.29, 1.82) is 0 Å². The maximum Gasteiger partial charge on any atom is 0.140 e. The molecule has 3 rings (SSSR count). The van der Waals surface area contributed by atoms with Crippen molar-refractivity contribution in [2.45, 2.75) is 6.92 Å². The van der Waals surface area contributed by atoms with E-state index in [9.17, 15) is 0 Å². The van der Waals surface area contributed by atoms with Crippen molar-refractivity contribution >= 4 is 16.9 Å². The summed E-state index contributed by atoms with van der Waals surface area (Å²) in [5, 5.41) is 1.11. The van der Waals surface area contributed by atoms with Gasteiger partial charge in [-0.1, -0.05) is 0 Å². The Labute approximate surface area is 117 Å². The van der Waals surface area contributed by atoms with Crippen molar-refractivity contribution in [2.24, 2.45) is 7.05 Å². The molecule has 3 heterocycles. The molecule has 0 unspecified atom stereocenters. The summed E-state index contributed by atoms with van der Waals surface area (Å²) in [7, 11) is 4.02. The molecule has 20 heavy (non-hydrogen) atoms. The fourth-order valence-corrected chi connectivity index (χ4v) is 2.25. The predicted octanol–water partition coefficient (Wildman–Crippen LogP) is 2.49. The van der Waals surface area contributed by atoms with Crippen molar-refractivity contribution < 1.29 is 0 Å². The molecular formula is C15H17N5. The maximum atomic E-state index is 4.41. The second kappa shape index (κ2) is 4.92. The summed E-state index contributed by atoms with van der Waals surface area (Å²) in [6.45, 7) is 3.01. The van der Waals surface area contributed by atoms with Gasteiger partial charge in [-0.15, -0.1) is 0 Å². The zero-order valence-corrected chi connectivity index (χ0v) is 11.9. The van der Waals surface area contributed by atoms with Crippen LogP contribution in [0.15, 0.2) is 36.9 Å². The second-order valence-corrected chi connectivity index (χ2v) is 4.80. The first-order chi connectivity index (χ1) is 9.70. The molecule has 0 aliphatic heterocycles. The number of fused-ring (bicyclic) bond motifs is 1. The Bertz CT molecular complexity index is 747. The van der Waals surface area contributed by atoms with Gasteiger partial charge in [-0.2, -0.15) is 0 Å². The molecule has 3 aromatic heterocycles. The minimum atomic E-state index is 0.910. The number of aromatic nitrogens is 4. The van der Waals surface area contributed by atoms with Crippen LogP contribution >= 0.6 is 0 Å². The summed E-state index contributed by atoms with van der Waals surface area (Å²) in [5.74, 6) is 0.929. The number of hydrogen-bond acceptors (Lipinski definition) is 4. The molecule has 0 radical (unpaired) electrons. The van der Waals surface area contributed by atoms with Crippen molar-refractivity contribution in [3.05, 3.63) is 36.9 Å². The van der Waals surface area contributed by atoms with Gasteiger partial charge in [0.25, 0.3) is 0 Å². The Balaban J connectivity index is 2.16. The summed E-state index contributed by atoms with van der Waals surface area (Å²) < 4.78 is 2.01. The summed E-state index contributed by atoms with van der Waals surface area (Å²) >= 11 is 0. The van der Waals surface area contributed by atoms with Gasteiger partial charge < -0.3 is 9.47 Å². The monoisotopic (exact) mass is 267 g/mol. The lowest BCUT2D eigenvalue weighted by molar-refractivity contribution is 0.930. The van der Waals surface area contributed by atoms with Gasteiger partial charge in [-0.25, -0.2) is 15.0 Å². The van der Waals surface area contributed by atoms with Crippen LogP contribution in [0.25, 0.3) is 22.3 Å². The molecular weight excluding hydrogens is 250 g/mol. The fraction of sp³-hybridized carbons (Fsp3) is 0.267. The maximum absolute atomic E-state index is 4.41. The molecule has 0 spiro atoms. The third-order valence-electron chi connectivity index (χ3n) is 3.56. The highest BCUT2D eigenvalue weighted by Gasteiger charge is 2.10. The van der Waals surface area contributed by atoms with E-state index < -0.39 is 0 Å². The van der Waals surface area contributed by atoms with Gasteiger partial charge in [0, 0.05) is 50.0 Å². The second-order valence-electron chi connectivity index (χ2n) is 4.80. The van der Waals surface area contributed by atoms with Crippen LogP contribution < -0.4 is 4.90 Å². The lowest BCUT2D eigenvalue weighted by Crippen LogP contribution is -2.17. The first-order valence-corrected chi connectivity index (χ1v) is 6.64. The van der Waals surface area contributed by atoms with E-state index in [2.05, 4.69) is 32.8 Å². The van der Waals surface area contributed by atoms with Crippen LogP contribution in [0.2, 0.25) is 0 Å². The number of pyridine rings is 1. The average Bonchev–Trinajstić information content (AvgIpc) is 2.88. The molecule has 5 nitrogen and oxygen atoms in total.